The van der Waals surface area contributed by atoms with Crippen LogP contribution >= 0.6 is 11.6 Å². The number of amides is 2. The summed E-state index contributed by atoms with van der Waals surface area (Å²) in [7, 11) is 0. The van der Waals surface area contributed by atoms with Gasteiger partial charge in [0.05, 0.1) is 6.61 Å². The predicted octanol–water partition coefficient (Wildman–Crippen LogP) is 1.71. The molecule has 2 amide bonds. The number of nitrogens with one attached hydrogen (secondary N) is 2. The first-order chi connectivity index (χ1) is 10.2. The molecule has 1 aromatic rings. The normalized spacial score (nSPS) is 9.95. The van der Waals surface area contributed by atoms with Crippen LogP contribution in [-0.2, 0) is 9.59 Å². The quantitative estimate of drug-likeness (QED) is 0.510. The van der Waals surface area contributed by atoms with Crippen molar-refractivity contribution in [2.75, 3.05) is 25.6 Å². The van der Waals surface area contributed by atoms with Crippen LogP contribution in [0.15, 0.2) is 30.3 Å². The van der Waals surface area contributed by atoms with Gasteiger partial charge in [0.2, 0.25) is 11.8 Å². The fraction of sp³-hybridized carbons (Fsp3) is 0.467. The minimum absolute atomic E-state index is 0.0433. The summed E-state index contributed by atoms with van der Waals surface area (Å²) < 4.78 is 5.49. The average molecular weight is 313 g/mol. The molecule has 0 radical (unpaired) electrons. The topological polar surface area (TPSA) is 67.4 Å². The van der Waals surface area contributed by atoms with E-state index in [4.69, 9.17) is 16.3 Å². The molecule has 0 saturated carbocycles. The number of hydrogen-bond acceptors (Lipinski definition) is 3. The van der Waals surface area contributed by atoms with E-state index in [1.54, 1.807) is 0 Å². The Morgan fingerprint density at radius 3 is 2.24 bits per heavy atom. The lowest BCUT2D eigenvalue weighted by atomic mass is 10.3. The Labute approximate surface area is 130 Å². The maximum absolute atomic E-state index is 11.5. The number of benzene rings is 1. The number of halogens is 1. The van der Waals surface area contributed by atoms with Crippen LogP contribution in [0.5, 0.6) is 5.75 Å². The molecule has 21 heavy (non-hydrogen) atoms. The minimum atomic E-state index is -0.101. The van der Waals surface area contributed by atoms with E-state index in [-0.39, 0.29) is 11.8 Å². The molecule has 1 aromatic carbocycles. The predicted molar refractivity (Wildman–Crippen MR) is 82.5 cm³/mol. The van der Waals surface area contributed by atoms with Gasteiger partial charge in [0.1, 0.15) is 5.75 Å². The van der Waals surface area contributed by atoms with Gasteiger partial charge in [-0.05, 0) is 18.6 Å². The van der Waals surface area contributed by atoms with Crippen molar-refractivity contribution in [3.63, 3.8) is 0 Å². The van der Waals surface area contributed by atoms with Crippen molar-refractivity contribution in [3.05, 3.63) is 30.3 Å². The molecule has 0 saturated heterocycles. The summed E-state index contributed by atoms with van der Waals surface area (Å²) in [6.45, 7) is 1.35. The molecule has 0 aliphatic rings. The SMILES string of the molecule is O=C(CCCl)NCCNC(=O)CCCOc1ccccc1. The third-order valence-electron chi connectivity index (χ3n) is 2.65. The van der Waals surface area contributed by atoms with E-state index in [9.17, 15) is 9.59 Å². The number of carbonyl (C=O) groups excluding carboxylic acids is 2. The molecule has 0 unspecified atom stereocenters. The summed E-state index contributed by atoms with van der Waals surface area (Å²) in [5.41, 5.74) is 0. The second kappa shape index (κ2) is 11.0. The number of carbonyl (C=O) groups is 2. The van der Waals surface area contributed by atoms with Crippen LogP contribution in [0.2, 0.25) is 0 Å². The van der Waals surface area contributed by atoms with E-state index < -0.39 is 0 Å². The zero-order valence-corrected chi connectivity index (χ0v) is 12.7. The van der Waals surface area contributed by atoms with Gasteiger partial charge >= 0.3 is 0 Å². The molecular formula is C15H21ClN2O3. The molecule has 0 spiro atoms. The summed E-state index contributed by atoms with van der Waals surface area (Å²) in [5, 5.41) is 5.40. The fourth-order valence-electron chi connectivity index (χ4n) is 1.61. The molecule has 0 fully saturated rings. The molecule has 2 N–H and O–H groups in total. The van der Waals surface area contributed by atoms with E-state index in [0.717, 1.165) is 5.75 Å². The highest BCUT2D eigenvalue weighted by molar-refractivity contribution is 6.18. The molecule has 0 aliphatic heterocycles. The van der Waals surface area contributed by atoms with Gasteiger partial charge in [0.25, 0.3) is 0 Å². The van der Waals surface area contributed by atoms with Crippen LogP contribution in [0.1, 0.15) is 19.3 Å². The molecule has 0 atom stereocenters. The number of rotatable bonds is 10. The molecular weight excluding hydrogens is 292 g/mol. The highest BCUT2D eigenvalue weighted by Gasteiger charge is 2.02. The van der Waals surface area contributed by atoms with Crippen molar-refractivity contribution in [3.8, 4) is 5.75 Å². The molecule has 5 nitrogen and oxygen atoms in total. The van der Waals surface area contributed by atoms with Gasteiger partial charge in [-0.3, -0.25) is 9.59 Å². The molecule has 0 bridgehead atoms. The largest absolute Gasteiger partial charge is 0.494 e. The number of hydrogen-bond donors (Lipinski definition) is 2. The van der Waals surface area contributed by atoms with Crippen molar-refractivity contribution < 1.29 is 14.3 Å². The Hall–Kier alpha value is -1.75. The van der Waals surface area contributed by atoms with Crippen LogP contribution in [0.3, 0.4) is 0 Å². The van der Waals surface area contributed by atoms with Gasteiger partial charge < -0.3 is 15.4 Å². The Bertz CT molecular complexity index is 426. The average Bonchev–Trinajstić information content (AvgIpc) is 2.49. The third kappa shape index (κ3) is 8.92. The van der Waals surface area contributed by atoms with Crippen LogP contribution in [0, 0.1) is 0 Å². The maximum Gasteiger partial charge on any atom is 0.221 e. The smallest absolute Gasteiger partial charge is 0.221 e. The summed E-state index contributed by atoms with van der Waals surface area (Å²) in [5.74, 6) is 0.966. The Kier molecular flexibility index (Phi) is 9.04. The van der Waals surface area contributed by atoms with Crippen molar-refractivity contribution in [2.45, 2.75) is 19.3 Å². The van der Waals surface area contributed by atoms with Crippen molar-refractivity contribution in [1.82, 2.24) is 10.6 Å². The van der Waals surface area contributed by atoms with Crippen molar-refractivity contribution in [1.29, 1.82) is 0 Å². The number of para-hydroxylation sites is 1. The first-order valence-electron chi connectivity index (χ1n) is 6.99. The summed E-state index contributed by atoms with van der Waals surface area (Å²) >= 11 is 5.43. The van der Waals surface area contributed by atoms with Gasteiger partial charge in [0, 0.05) is 31.8 Å². The van der Waals surface area contributed by atoms with E-state index in [2.05, 4.69) is 10.6 Å². The van der Waals surface area contributed by atoms with Gasteiger partial charge in [-0.1, -0.05) is 18.2 Å². The molecule has 1 rings (SSSR count). The van der Waals surface area contributed by atoms with E-state index in [1.165, 1.54) is 0 Å². The second-order valence-corrected chi connectivity index (χ2v) is 4.78. The zero-order valence-electron chi connectivity index (χ0n) is 11.9. The van der Waals surface area contributed by atoms with Gasteiger partial charge in [0.15, 0.2) is 0 Å². The van der Waals surface area contributed by atoms with E-state index >= 15 is 0 Å². The first-order valence-corrected chi connectivity index (χ1v) is 7.53. The lowest BCUT2D eigenvalue weighted by molar-refractivity contribution is -0.122. The van der Waals surface area contributed by atoms with Crippen molar-refractivity contribution >= 4 is 23.4 Å². The lowest BCUT2D eigenvalue weighted by Gasteiger charge is -2.07. The number of ether oxygens (including phenoxy) is 1. The minimum Gasteiger partial charge on any atom is -0.494 e. The summed E-state index contributed by atoms with van der Waals surface area (Å²) in [4.78, 5) is 22.6. The summed E-state index contributed by atoms with van der Waals surface area (Å²) in [6, 6.07) is 9.49. The molecule has 0 aliphatic carbocycles. The number of alkyl halides is 1. The standard InChI is InChI=1S/C15H21ClN2O3/c16-9-8-15(20)18-11-10-17-14(19)7-4-12-21-13-5-2-1-3-6-13/h1-3,5-6H,4,7-12H2,(H,17,19)(H,18,20). The van der Waals surface area contributed by atoms with Gasteiger partial charge in [-0.2, -0.15) is 0 Å². The monoisotopic (exact) mass is 312 g/mol. The highest BCUT2D eigenvalue weighted by Crippen LogP contribution is 2.08. The Morgan fingerprint density at radius 2 is 1.62 bits per heavy atom. The Balaban J connectivity index is 1.98. The van der Waals surface area contributed by atoms with Gasteiger partial charge in [-0.15, -0.1) is 11.6 Å². The summed E-state index contributed by atoms with van der Waals surface area (Å²) in [6.07, 6.45) is 1.36. The van der Waals surface area contributed by atoms with Crippen LogP contribution < -0.4 is 15.4 Å². The Morgan fingerprint density at radius 1 is 1.00 bits per heavy atom. The maximum atomic E-state index is 11.5. The zero-order chi connectivity index (χ0) is 15.3. The van der Waals surface area contributed by atoms with E-state index in [0.29, 0.717) is 44.8 Å². The highest BCUT2D eigenvalue weighted by atomic mass is 35.5. The third-order valence-corrected chi connectivity index (χ3v) is 2.84. The first kappa shape index (κ1) is 17.3. The van der Waals surface area contributed by atoms with Gasteiger partial charge in [-0.25, -0.2) is 0 Å². The lowest BCUT2D eigenvalue weighted by Crippen LogP contribution is -2.34. The fourth-order valence-corrected chi connectivity index (χ4v) is 1.78. The van der Waals surface area contributed by atoms with Crippen LogP contribution in [0.25, 0.3) is 0 Å². The second-order valence-electron chi connectivity index (χ2n) is 4.40. The molecule has 116 valence electrons. The molecule has 6 heteroatoms. The van der Waals surface area contributed by atoms with E-state index in [1.807, 2.05) is 30.3 Å². The molecule has 0 aromatic heterocycles. The van der Waals surface area contributed by atoms with Crippen molar-refractivity contribution in [2.24, 2.45) is 0 Å². The molecule has 0 heterocycles. The van der Waals surface area contributed by atoms with Crippen LogP contribution in [0.4, 0.5) is 0 Å². The van der Waals surface area contributed by atoms with Crippen LogP contribution in [-0.4, -0.2) is 37.4 Å².